The van der Waals surface area contributed by atoms with Gasteiger partial charge in [-0.1, -0.05) is 0 Å². The first-order chi connectivity index (χ1) is 12.5. The third-order valence-corrected chi connectivity index (χ3v) is 7.68. The van der Waals surface area contributed by atoms with Gasteiger partial charge in [-0.15, -0.1) is 11.3 Å². The van der Waals surface area contributed by atoms with Crippen molar-refractivity contribution in [2.24, 2.45) is 0 Å². The van der Waals surface area contributed by atoms with E-state index in [1.807, 2.05) is 42.3 Å². The van der Waals surface area contributed by atoms with E-state index in [0.29, 0.717) is 6.42 Å². The summed E-state index contributed by atoms with van der Waals surface area (Å²) in [6.07, 6.45) is 2.18. The topological polar surface area (TPSA) is 72.4 Å². The Labute approximate surface area is 156 Å². The molecule has 26 heavy (non-hydrogen) atoms. The molecule has 6 nitrogen and oxygen atoms in total. The van der Waals surface area contributed by atoms with Gasteiger partial charge >= 0.3 is 0 Å². The summed E-state index contributed by atoms with van der Waals surface area (Å²) >= 11 is 1.62. The first kappa shape index (κ1) is 17.2. The van der Waals surface area contributed by atoms with Crippen LogP contribution >= 0.6 is 11.3 Å². The Bertz CT molecular complexity index is 1050. The lowest BCUT2D eigenvalue weighted by Crippen LogP contribution is -2.33. The fourth-order valence-electron chi connectivity index (χ4n) is 3.24. The highest BCUT2D eigenvalue weighted by molar-refractivity contribution is 7.91. The number of hydrogen-bond acceptors (Lipinski definition) is 7. The van der Waals surface area contributed by atoms with Crippen molar-refractivity contribution in [2.75, 3.05) is 30.6 Å². The molecule has 1 fully saturated rings. The van der Waals surface area contributed by atoms with Gasteiger partial charge < -0.3 is 9.64 Å². The molecule has 4 rings (SSSR count). The molecular weight excluding hydrogens is 370 g/mol. The van der Waals surface area contributed by atoms with Crippen LogP contribution in [0.25, 0.3) is 20.7 Å². The molecule has 0 N–H and O–H groups in total. The highest BCUT2D eigenvalue weighted by Gasteiger charge is 2.32. The van der Waals surface area contributed by atoms with Crippen LogP contribution in [0.1, 0.15) is 6.42 Å². The number of nitrogens with zero attached hydrogens (tertiary/aromatic N) is 3. The Morgan fingerprint density at radius 2 is 2.00 bits per heavy atom. The lowest BCUT2D eigenvalue weighted by Gasteiger charge is -2.24. The molecule has 8 heteroatoms. The number of benzene rings is 1. The summed E-state index contributed by atoms with van der Waals surface area (Å²) in [5.74, 6) is 2.04. The van der Waals surface area contributed by atoms with Crippen LogP contribution < -0.4 is 9.64 Å². The van der Waals surface area contributed by atoms with Crippen LogP contribution in [-0.2, 0) is 9.84 Å². The zero-order chi connectivity index (χ0) is 18.3. The van der Waals surface area contributed by atoms with Crippen molar-refractivity contribution >= 4 is 37.2 Å². The number of ether oxygens (including phenoxy) is 1. The molecule has 0 unspecified atom stereocenters. The monoisotopic (exact) mass is 389 g/mol. The van der Waals surface area contributed by atoms with Crippen LogP contribution in [0.2, 0.25) is 0 Å². The normalized spacial score (nSPS) is 18.9. The number of sulfone groups is 1. The van der Waals surface area contributed by atoms with Crippen molar-refractivity contribution in [1.82, 2.24) is 9.97 Å². The number of hydrogen-bond donors (Lipinski definition) is 0. The minimum absolute atomic E-state index is 0.0374. The Hall–Kier alpha value is -2.19. The van der Waals surface area contributed by atoms with Crippen molar-refractivity contribution in [1.29, 1.82) is 0 Å². The van der Waals surface area contributed by atoms with E-state index in [-0.39, 0.29) is 17.5 Å². The van der Waals surface area contributed by atoms with Crippen molar-refractivity contribution in [2.45, 2.75) is 12.5 Å². The van der Waals surface area contributed by atoms with Gasteiger partial charge in [0.2, 0.25) is 0 Å². The van der Waals surface area contributed by atoms with Crippen LogP contribution in [0.5, 0.6) is 5.75 Å². The minimum Gasteiger partial charge on any atom is -0.497 e. The van der Waals surface area contributed by atoms with Crippen LogP contribution in [0.3, 0.4) is 0 Å². The lowest BCUT2D eigenvalue weighted by atomic mass is 10.2. The molecule has 1 atom stereocenters. The zero-order valence-corrected chi connectivity index (χ0v) is 16.2. The van der Waals surface area contributed by atoms with Crippen LogP contribution in [-0.4, -0.2) is 50.1 Å². The summed E-state index contributed by atoms with van der Waals surface area (Å²) in [7, 11) is 0.625. The number of rotatable bonds is 4. The minimum atomic E-state index is -2.94. The van der Waals surface area contributed by atoms with E-state index >= 15 is 0 Å². The van der Waals surface area contributed by atoms with Gasteiger partial charge in [0, 0.05) is 18.0 Å². The van der Waals surface area contributed by atoms with E-state index in [1.54, 1.807) is 24.8 Å². The summed E-state index contributed by atoms with van der Waals surface area (Å²) in [6, 6.07) is 9.91. The molecule has 3 heterocycles. The zero-order valence-electron chi connectivity index (χ0n) is 14.5. The molecule has 1 aliphatic heterocycles. The van der Waals surface area contributed by atoms with Gasteiger partial charge in [0.1, 0.15) is 17.9 Å². The molecule has 136 valence electrons. The van der Waals surface area contributed by atoms with Crippen molar-refractivity contribution in [3.63, 3.8) is 0 Å². The molecular formula is C18H19N3O3S2. The van der Waals surface area contributed by atoms with Gasteiger partial charge in [0.15, 0.2) is 9.84 Å². The SMILES string of the molecule is COc1ccc(-c2cc3ncnc(N(C)[C@@H]4CCS(=O)(=O)C4)c3s2)cc1. The van der Waals surface area contributed by atoms with Gasteiger partial charge in [-0.25, -0.2) is 18.4 Å². The maximum Gasteiger partial charge on any atom is 0.152 e. The Balaban J connectivity index is 1.71. The standard InChI is InChI=1S/C18H19N3O3S2/c1-21(13-7-8-26(22,23)10-13)18-17-15(19-11-20-18)9-16(25-17)12-3-5-14(24-2)6-4-12/h3-6,9,11,13H,7-8,10H2,1-2H3/t13-/m1/s1. The molecule has 0 spiro atoms. The second kappa shape index (κ2) is 6.51. The van der Waals surface area contributed by atoms with E-state index in [9.17, 15) is 8.42 Å². The molecule has 3 aromatic rings. The highest BCUT2D eigenvalue weighted by Crippen LogP contribution is 2.38. The first-order valence-corrected chi connectivity index (χ1v) is 10.9. The summed E-state index contributed by atoms with van der Waals surface area (Å²) in [6.45, 7) is 0. The fourth-order valence-corrected chi connectivity index (χ4v) is 6.17. The number of aromatic nitrogens is 2. The van der Waals surface area contributed by atoms with Gasteiger partial charge in [0.25, 0.3) is 0 Å². The number of thiophene rings is 1. The molecule has 1 saturated heterocycles. The summed E-state index contributed by atoms with van der Waals surface area (Å²) in [4.78, 5) is 11.9. The third kappa shape index (κ3) is 3.14. The largest absolute Gasteiger partial charge is 0.497 e. The van der Waals surface area contributed by atoms with Crippen molar-refractivity contribution < 1.29 is 13.2 Å². The smallest absolute Gasteiger partial charge is 0.152 e. The van der Waals surface area contributed by atoms with E-state index in [0.717, 1.165) is 32.2 Å². The fraction of sp³-hybridized carbons (Fsp3) is 0.333. The molecule has 2 aromatic heterocycles. The Kier molecular flexibility index (Phi) is 4.32. The molecule has 0 saturated carbocycles. The average molecular weight is 390 g/mol. The summed E-state index contributed by atoms with van der Waals surface area (Å²) in [5, 5.41) is 0. The van der Waals surface area contributed by atoms with E-state index in [2.05, 4.69) is 9.97 Å². The maximum absolute atomic E-state index is 11.8. The lowest BCUT2D eigenvalue weighted by molar-refractivity contribution is 0.415. The molecule has 0 radical (unpaired) electrons. The van der Waals surface area contributed by atoms with E-state index < -0.39 is 9.84 Å². The van der Waals surface area contributed by atoms with Crippen molar-refractivity contribution in [3.05, 3.63) is 36.7 Å². The molecule has 1 aliphatic rings. The van der Waals surface area contributed by atoms with Crippen LogP contribution in [0, 0.1) is 0 Å². The molecule has 0 amide bonds. The summed E-state index contributed by atoms with van der Waals surface area (Å²) in [5.41, 5.74) is 1.96. The maximum atomic E-state index is 11.8. The predicted molar refractivity (Wildman–Crippen MR) is 105 cm³/mol. The average Bonchev–Trinajstić information content (AvgIpc) is 3.24. The highest BCUT2D eigenvalue weighted by atomic mass is 32.2. The van der Waals surface area contributed by atoms with Gasteiger partial charge in [-0.3, -0.25) is 0 Å². The molecule has 0 bridgehead atoms. The second-order valence-corrected chi connectivity index (χ2v) is 9.70. The van der Waals surface area contributed by atoms with E-state index in [1.165, 1.54) is 0 Å². The number of fused-ring (bicyclic) bond motifs is 1. The Morgan fingerprint density at radius 3 is 2.65 bits per heavy atom. The number of methoxy groups -OCH3 is 1. The first-order valence-electron chi connectivity index (χ1n) is 8.29. The van der Waals surface area contributed by atoms with E-state index in [4.69, 9.17) is 4.74 Å². The van der Waals surface area contributed by atoms with Gasteiger partial charge in [-0.05, 0) is 42.3 Å². The Morgan fingerprint density at radius 1 is 1.23 bits per heavy atom. The molecule has 0 aliphatic carbocycles. The van der Waals surface area contributed by atoms with Crippen molar-refractivity contribution in [3.8, 4) is 16.2 Å². The van der Waals surface area contributed by atoms with Crippen LogP contribution in [0.15, 0.2) is 36.7 Å². The summed E-state index contributed by atoms with van der Waals surface area (Å²) < 4.78 is 29.8. The predicted octanol–water partition coefficient (Wildman–Crippen LogP) is 2.99. The number of anilines is 1. The third-order valence-electron chi connectivity index (χ3n) is 4.76. The van der Waals surface area contributed by atoms with Gasteiger partial charge in [0.05, 0.1) is 28.8 Å². The molecule has 1 aromatic carbocycles. The van der Waals surface area contributed by atoms with Crippen LogP contribution in [0.4, 0.5) is 5.82 Å². The quantitative estimate of drug-likeness (QED) is 0.683. The second-order valence-electron chi connectivity index (χ2n) is 6.42. The van der Waals surface area contributed by atoms with Gasteiger partial charge in [-0.2, -0.15) is 0 Å².